The first kappa shape index (κ1) is 22.7. The van der Waals surface area contributed by atoms with Gasteiger partial charge in [0.15, 0.2) is 0 Å². The molecule has 2 unspecified atom stereocenters. The zero-order chi connectivity index (χ0) is 18.4. The van der Waals surface area contributed by atoms with E-state index in [1.807, 2.05) is 13.8 Å². The number of amides is 2. The van der Waals surface area contributed by atoms with Crippen molar-refractivity contribution >= 4 is 35.8 Å². The van der Waals surface area contributed by atoms with E-state index in [0.717, 1.165) is 32.1 Å². The van der Waals surface area contributed by atoms with Gasteiger partial charge in [0.2, 0.25) is 5.91 Å². The Morgan fingerprint density at radius 1 is 1.19 bits per heavy atom. The second-order valence-electron chi connectivity index (χ2n) is 6.96. The van der Waals surface area contributed by atoms with Crippen molar-refractivity contribution in [1.82, 2.24) is 10.6 Å². The number of rotatable bonds is 6. The summed E-state index contributed by atoms with van der Waals surface area (Å²) in [5.74, 6) is -0.331. The van der Waals surface area contributed by atoms with Gasteiger partial charge in [-0.25, -0.2) is 0 Å². The lowest BCUT2D eigenvalue weighted by atomic mass is 9.91. The molecule has 2 rings (SSSR count). The Labute approximate surface area is 166 Å². The monoisotopic (exact) mass is 401 g/mol. The summed E-state index contributed by atoms with van der Waals surface area (Å²) < 4.78 is 0. The molecule has 5 nitrogen and oxygen atoms in total. The number of carbonyl (C=O) groups is 2. The SMILES string of the molecule is CCC(C)C(NC(=O)c1ccc(Cl)cc1)C(=O)NC1CCC(N)CC1.Cl. The first-order valence-electron chi connectivity index (χ1n) is 9.03. The van der Waals surface area contributed by atoms with Crippen LogP contribution in [-0.2, 0) is 4.79 Å². The van der Waals surface area contributed by atoms with E-state index in [4.69, 9.17) is 17.3 Å². The third-order valence-electron chi connectivity index (χ3n) is 5.01. The zero-order valence-electron chi connectivity index (χ0n) is 15.3. The molecule has 2 amide bonds. The molecule has 1 fully saturated rings. The molecule has 0 spiro atoms. The first-order chi connectivity index (χ1) is 11.9. The predicted octanol–water partition coefficient (Wildman–Crippen LogP) is 3.29. The average Bonchev–Trinajstić information content (AvgIpc) is 2.61. The van der Waals surface area contributed by atoms with Gasteiger partial charge in [0.25, 0.3) is 5.91 Å². The number of nitrogens with one attached hydrogen (secondary N) is 2. The highest BCUT2D eigenvalue weighted by atomic mass is 35.5. The van der Waals surface area contributed by atoms with E-state index in [9.17, 15) is 9.59 Å². The van der Waals surface area contributed by atoms with Gasteiger partial charge >= 0.3 is 0 Å². The highest BCUT2D eigenvalue weighted by Gasteiger charge is 2.29. The van der Waals surface area contributed by atoms with Gasteiger partial charge in [-0.1, -0.05) is 31.9 Å². The molecule has 0 bridgehead atoms. The molecule has 1 saturated carbocycles. The average molecular weight is 402 g/mol. The maximum absolute atomic E-state index is 12.7. The molecule has 2 atom stereocenters. The summed E-state index contributed by atoms with van der Waals surface area (Å²) in [6.07, 6.45) is 4.44. The van der Waals surface area contributed by atoms with Crippen LogP contribution in [0.15, 0.2) is 24.3 Å². The Morgan fingerprint density at radius 2 is 1.77 bits per heavy atom. The molecule has 0 saturated heterocycles. The van der Waals surface area contributed by atoms with Crippen LogP contribution in [-0.4, -0.2) is 29.9 Å². The molecule has 4 N–H and O–H groups in total. The highest BCUT2D eigenvalue weighted by molar-refractivity contribution is 6.30. The van der Waals surface area contributed by atoms with E-state index in [1.54, 1.807) is 24.3 Å². The molecule has 1 aliphatic carbocycles. The van der Waals surface area contributed by atoms with Crippen LogP contribution in [0.2, 0.25) is 5.02 Å². The fraction of sp³-hybridized carbons (Fsp3) is 0.579. The van der Waals surface area contributed by atoms with E-state index < -0.39 is 6.04 Å². The lowest BCUT2D eigenvalue weighted by Gasteiger charge is -2.30. The topological polar surface area (TPSA) is 84.2 Å². The molecular weight excluding hydrogens is 373 g/mol. The molecule has 1 aromatic carbocycles. The van der Waals surface area contributed by atoms with Crippen molar-refractivity contribution in [2.75, 3.05) is 0 Å². The summed E-state index contributed by atoms with van der Waals surface area (Å²) in [7, 11) is 0. The van der Waals surface area contributed by atoms with Crippen LogP contribution in [0.4, 0.5) is 0 Å². The molecule has 26 heavy (non-hydrogen) atoms. The van der Waals surface area contributed by atoms with Gasteiger partial charge in [0.1, 0.15) is 6.04 Å². The normalized spacial score (nSPS) is 21.8. The van der Waals surface area contributed by atoms with Gasteiger partial charge in [-0.2, -0.15) is 0 Å². The summed E-state index contributed by atoms with van der Waals surface area (Å²) in [6, 6.07) is 6.48. The summed E-state index contributed by atoms with van der Waals surface area (Å²) >= 11 is 5.86. The molecule has 1 aliphatic rings. The van der Waals surface area contributed by atoms with Crippen LogP contribution in [0.1, 0.15) is 56.3 Å². The van der Waals surface area contributed by atoms with Crippen molar-refractivity contribution in [3.05, 3.63) is 34.9 Å². The van der Waals surface area contributed by atoms with Gasteiger partial charge in [-0.3, -0.25) is 9.59 Å². The maximum atomic E-state index is 12.7. The van der Waals surface area contributed by atoms with Crippen molar-refractivity contribution in [3.63, 3.8) is 0 Å². The Morgan fingerprint density at radius 3 is 2.31 bits per heavy atom. The van der Waals surface area contributed by atoms with E-state index in [-0.39, 0.29) is 42.2 Å². The minimum absolute atomic E-state index is 0. The Kier molecular flexibility index (Phi) is 9.41. The van der Waals surface area contributed by atoms with Crippen LogP contribution in [0.3, 0.4) is 0 Å². The molecular formula is C19H29Cl2N3O2. The number of hydrogen-bond acceptors (Lipinski definition) is 3. The van der Waals surface area contributed by atoms with Crippen molar-refractivity contribution in [1.29, 1.82) is 0 Å². The summed E-state index contributed by atoms with van der Waals surface area (Å²) in [5.41, 5.74) is 6.41. The van der Waals surface area contributed by atoms with Crippen molar-refractivity contribution in [2.24, 2.45) is 11.7 Å². The molecule has 0 heterocycles. The second-order valence-corrected chi connectivity index (χ2v) is 7.40. The van der Waals surface area contributed by atoms with Crippen LogP contribution in [0, 0.1) is 5.92 Å². The van der Waals surface area contributed by atoms with Crippen LogP contribution in [0.25, 0.3) is 0 Å². The van der Waals surface area contributed by atoms with E-state index in [2.05, 4.69) is 10.6 Å². The number of carbonyl (C=O) groups excluding carboxylic acids is 2. The lowest BCUT2D eigenvalue weighted by molar-refractivity contribution is -0.125. The van der Waals surface area contributed by atoms with Crippen LogP contribution in [0.5, 0.6) is 0 Å². The van der Waals surface area contributed by atoms with Crippen LogP contribution < -0.4 is 16.4 Å². The Hall–Kier alpha value is -1.30. The summed E-state index contributed by atoms with van der Waals surface area (Å²) in [6.45, 7) is 3.99. The molecule has 146 valence electrons. The van der Waals surface area contributed by atoms with Gasteiger partial charge < -0.3 is 16.4 Å². The minimum Gasteiger partial charge on any atom is -0.352 e. The van der Waals surface area contributed by atoms with Gasteiger partial charge in [-0.05, 0) is 55.9 Å². The Bertz CT molecular complexity index is 587. The van der Waals surface area contributed by atoms with Gasteiger partial charge in [0.05, 0.1) is 0 Å². The molecule has 0 aromatic heterocycles. The molecule has 0 aliphatic heterocycles. The number of nitrogens with two attached hydrogens (primary N) is 1. The van der Waals surface area contributed by atoms with Crippen molar-refractivity contribution < 1.29 is 9.59 Å². The molecule has 7 heteroatoms. The third-order valence-corrected chi connectivity index (χ3v) is 5.26. The van der Waals surface area contributed by atoms with E-state index in [1.165, 1.54) is 0 Å². The quantitative estimate of drug-likeness (QED) is 0.683. The first-order valence-corrected chi connectivity index (χ1v) is 9.40. The van der Waals surface area contributed by atoms with Crippen molar-refractivity contribution in [2.45, 2.75) is 64.1 Å². The largest absolute Gasteiger partial charge is 0.352 e. The third kappa shape index (κ3) is 6.45. The number of benzene rings is 1. The van der Waals surface area contributed by atoms with E-state index >= 15 is 0 Å². The second kappa shape index (κ2) is 10.8. The number of halogens is 2. The van der Waals surface area contributed by atoms with Crippen molar-refractivity contribution in [3.8, 4) is 0 Å². The van der Waals surface area contributed by atoms with Crippen LogP contribution >= 0.6 is 24.0 Å². The lowest BCUT2D eigenvalue weighted by Crippen LogP contribution is -2.53. The Balaban J connectivity index is 0.00000338. The summed E-state index contributed by atoms with van der Waals surface area (Å²) in [4.78, 5) is 25.2. The molecule has 1 aromatic rings. The zero-order valence-corrected chi connectivity index (χ0v) is 16.9. The predicted molar refractivity (Wildman–Crippen MR) is 108 cm³/mol. The van der Waals surface area contributed by atoms with E-state index in [0.29, 0.717) is 10.6 Å². The smallest absolute Gasteiger partial charge is 0.251 e. The highest BCUT2D eigenvalue weighted by Crippen LogP contribution is 2.18. The standard InChI is InChI=1S/C19H28ClN3O2.ClH/c1-3-12(2)17(19(25)22-16-10-8-15(21)9-11-16)23-18(24)13-4-6-14(20)7-5-13;/h4-7,12,15-17H,3,8-11,21H2,1-2H3,(H,22,25)(H,23,24);1H. The molecule has 0 radical (unpaired) electrons. The van der Waals surface area contributed by atoms with Gasteiger partial charge in [-0.15, -0.1) is 12.4 Å². The van der Waals surface area contributed by atoms with Gasteiger partial charge in [0, 0.05) is 22.7 Å². The summed E-state index contributed by atoms with van der Waals surface area (Å²) in [5, 5.41) is 6.55. The maximum Gasteiger partial charge on any atom is 0.251 e. The fourth-order valence-electron chi connectivity index (χ4n) is 3.08. The fourth-order valence-corrected chi connectivity index (χ4v) is 3.21. The minimum atomic E-state index is -0.552. The number of hydrogen-bond donors (Lipinski definition) is 3.